The lowest BCUT2D eigenvalue weighted by Crippen LogP contribution is -2.45. The Labute approximate surface area is 205 Å². The minimum absolute atomic E-state index is 0.00737. The summed E-state index contributed by atoms with van der Waals surface area (Å²) in [6.07, 6.45) is 1.09. The van der Waals surface area contributed by atoms with Gasteiger partial charge >= 0.3 is 5.97 Å². The van der Waals surface area contributed by atoms with Crippen LogP contribution in [0.3, 0.4) is 0 Å². The molecule has 7 nitrogen and oxygen atoms in total. The normalized spacial score (nSPS) is 14.9. The van der Waals surface area contributed by atoms with Crippen molar-refractivity contribution in [3.63, 3.8) is 0 Å². The lowest BCUT2D eigenvalue weighted by atomic mass is 9.94. The summed E-state index contributed by atoms with van der Waals surface area (Å²) in [4.78, 5) is 42.0. The molecule has 2 aromatic carbocycles. The zero-order chi connectivity index (χ0) is 24.7. The molecule has 0 N–H and O–H groups in total. The first kappa shape index (κ1) is 25.6. The number of carbonyl (C=O) groups excluding carboxylic acids is 3. The van der Waals surface area contributed by atoms with Gasteiger partial charge in [-0.15, -0.1) is 0 Å². The Kier molecular flexibility index (Phi) is 8.93. The fraction of sp³-hybridized carbons (Fsp3) is 0.423. The fourth-order valence-electron chi connectivity index (χ4n) is 4.25. The first-order chi connectivity index (χ1) is 16.3. The van der Waals surface area contributed by atoms with E-state index in [-0.39, 0.29) is 30.2 Å². The van der Waals surface area contributed by atoms with E-state index in [1.54, 1.807) is 34.9 Å². The van der Waals surface area contributed by atoms with Crippen LogP contribution in [-0.2, 0) is 20.9 Å². The number of likely N-dealkylation sites (tertiary alicyclic amines) is 1. The van der Waals surface area contributed by atoms with Crippen molar-refractivity contribution in [3.05, 3.63) is 64.7 Å². The molecule has 1 unspecified atom stereocenters. The van der Waals surface area contributed by atoms with Crippen molar-refractivity contribution in [1.29, 1.82) is 0 Å². The smallest absolute Gasteiger partial charge is 0.310 e. The van der Waals surface area contributed by atoms with Crippen molar-refractivity contribution in [3.8, 4) is 5.75 Å². The molecule has 1 aliphatic heterocycles. The number of rotatable bonds is 8. The van der Waals surface area contributed by atoms with Gasteiger partial charge in [-0.05, 0) is 36.6 Å². The molecular weight excluding hydrogens is 456 g/mol. The molecule has 1 atom stereocenters. The molecule has 3 rings (SSSR count). The average molecular weight is 487 g/mol. The SMILES string of the molecule is COC(=O)C(C)CN(Cc1ccccc1)C(=O)C1CCN(C(=O)c2cc(Cl)ccc2OC)CC1. The number of halogens is 1. The van der Waals surface area contributed by atoms with Gasteiger partial charge in [-0.25, -0.2) is 0 Å². The molecule has 2 aromatic rings. The van der Waals surface area contributed by atoms with Gasteiger partial charge in [-0.3, -0.25) is 14.4 Å². The fourth-order valence-corrected chi connectivity index (χ4v) is 4.42. The van der Waals surface area contributed by atoms with Gasteiger partial charge in [0.05, 0.1) is 25.7 Å². The van der Waals surface area contributed by atoms with Gasteiger partial charge in [0.2, 0.25) is 5.91 Å². The molecule has 2 amide bonds. The van der Waals surface area contributed by atoms with E-state index in [9.17, 15) is 14.4 Å². The van der Waals surface area contributed by atoms with E-state index < -0.39 is 5.92 Å². The molecule has 0 bridgehead atoms. The van der Waals surface area contributed by atoms with Crippen molar-refractivity contribution >= 4 is 29.4 Å². The van der Waals surface area contributed by atoms with Crippen LogP contribution in [0.2, 0.25) is 5.02 Å². The lowest BCUT2D eigenvalue weighted by molar-refractivity contribution is -0.147. The number of ether oxygens (including phenoxy) is 2. The second-order valence-corrected chi connectivity index (χ2v) is 8.98. The standard InChI is InChI=1S/C26H31ClN2O5/c1-18(26(32)34-3)16-29(17-19-7-5-4-6-8-19)24(30)20-11-13-28(14-12-20)25(31)22-15-21(27)9-10-23(22)33-2/h4-10,15,18,20H,11-14,16-17H2,1-3H3. The van der Waals surface area contributed by atoms with E-state index in [1.807, 2.05) is 30.3 Å². The molecule has 34 heavy (non-hydrogen) atoms. The van der Waals surface area contributed by atoms with Gasteiger partial charge in [0.1, 0.15) is 5.75 Å². The average Bonchev–Trinajstić information content (AvgIpc) is 2.87. The summed E-state index contributed by atoms with van der Waals surface area (Å²) >= 11 is 6.09. The molecule has 0 radical (unpaired) electrons. The van der Waals surface area contributed by atoms with Crippen LogP contribution in [0.5, 0.6) is 5.75 Å². The quantitative estimate of drug-likeness (QED) is 0.526. The van der Waals surface area contributed by atoms with Crippen molar-refractivity contribution in [2.45, 2.75) is 26.3 Å². The lowest BCUT2D eigenvalue weighted by Gasteiger charge is -2.35. The molecule has 0 spiro atoms. The van der Waals surface area contributed by atoms with E-state index in [0.29, 0.717) is 48.8 Å². The van der Waals surface area contributed by atoms with E-state index in [4.69, 9.17) is 21.1 Å². The number of carbonyl (C=O) groups is 3. The highest BCUT2D eigenvalue weighted by Crippen LogP contribution is 2.27. The van der Waals surface area contributed by atoms with E-state index in [0.717, 1.165) is 5.56 Å². The van der Waals surface area contributed by atoms with Crippen LogP contribution in [-0.4, -0.2) is 61.4 Å². The largest absolute Gasteiger partial charge is 0.496 e. The van der Waals surface area contributed by atoms with Gasteiger partial charge < -0.3 is 19.3 Å². The highest BCUT2D eigenvalue weighted by molar-refractivity contribution is 6.31. The number of hydrogen-bond donors (Lipinski definition) is 0. The summed E-state index contributed by atoms with van der Waals surface area (Å²) in [5, 5.41) is 0.463. The van der Waals surface area contributed by atoms with Gasteiger partial charge in [0.25, 0.3) is 5.91 Å². The number of hydrogen-bond acceptors (Lipinski definition) is 5. The number of esters is 1. The predicted octanol–water partition coefficient (Wildman–Crippen LogP) is 4.04. The van der Waals surface area contributed by atoms with Crippen LogP contribution in [0.1, 0.15) is 35.7 Å². The van der Waals surface area contributed by atoms with Gasteiger partial charge in [0, 0.05) is 37.1 Å². The highest BCUT2D eigenvalue weighted by atomic mass is 35.5. The first-order valence-corrected chi connectivity index (χ1v) is 11.7. The molecule has 8 heteroatoms. The third-order valence-electron chi connectivity index (χ3n) is 6.15. The summed E-state index contributed by atoms with van der Waals surface area (Å²) in [6, 6.07) is 14.7. The van der Waals surface area contributed by atoms with Gasteiger partial charge in [0.15, 0.2) is 0 Å². The maximum absolute atomic E-state index is 13.5. The molecule has 1 saturated heterocycles. The van der Waals surface area contributed by atoms with Crippen LogP contribution in [0.25, 0.3) is 0 Å². The highest BCUT2D eigenvalue weighted by Gasteiger charge is 2.32. The van der Waals surface area contributed by atoms with Crippen LogP contribution >= 0.6 is 11.6 Å². The van der Waals surface area contributed by atoms with Crippen LogP contribution < -0.4 is 4.74 Å². The van der Waals surface area contributed by atoms with Crippen molar-refractivity contribution in [1.82, 2.24) is 9.80 Å². The van der Waals surface area contributed by atoms with Crippen LogP contribution in [0, 0.1) is 11.8 Å². The third-order valence-corrected chi connectivity index (χ3v) is 6.38. The summed E-state index contributed by atoms with van der Waals surface area (Å²) in [6.45, 7) is 3.36. The van der Waals surface area contributed by atoms with Crippen LogP contribution in [0.4, 0.5) is 0 Å². The maximum Gasteiger partial charge on any atom is 0.310 e. The number of amides is 2. The van der Waals surface area contributed by atoms with Crippen LogP contribution in [0.15, 0.2) is 48.5 Å². The van der Waals surface area contributed by atoms with Crippen molar-refractivity contribution in [2.24, 2.45) is 11.8 Å². The summed E-state index contributed by atoms with van der Waals surface area (Å²) < 4.78 is 10.2. The molecule has 182 valence electrons. The number of benzene rings is 2. The zero-order valence-electron chi connectivity index (χ0n) is 19.8. The number of methoxy groups -OCH3 is 2. The summed E-state index contributed by atoms with van der Waals surface area (Å²) in [7, 11) is 2.87. The summed E-state index contributed by atoms with van der Waals surface area (Å²) in [5.74, 6) is -0.702. The molecule has 0 aromatic heterocycles. The van der Waals surface area contributed by atoms with E-state index in [1.165, 1.54) is 14.2 Å². The number of piperidine rings is 1. The van der Waals surface area contributed by atoms with Crippen molar-refractivity contribution in [2.75, 3.05) is 33.9 Å². The molecule has 1 heterocycles. The minimum atomic E-state index is -0.436. The molecule has 0 aliphatic carbocycles. The Balaban J connectivity index is 1.68. The van der Waals surface area contributed by atoms with E-state index in [2.05, 4.69) is 0 Å². The topological polar surface area (TPSA) is 76.2 Å². The second kappa shape index (κ2) is 11.9. The molecule has 1 fully saturated rings. The Morgan fingerprint density at radius 1 is 1.09 bits per heavy atom. The Bertz CT molecular complexity index is 1010. The Morgan fingerprint density at radius 2 is 1.76 bits per heavy atom. The van der Waals surface area contributed by atoms with E-state index >= 15 is 0 Å². The first-order valence-electron chi connectivity index (χ1n) is 11.4. The third kappa shape index (κ3) is 6.29. The summed E-state index contributed by atoms with van der Waals surface area (Å²) in [5.41, 5.74) is 1.41. The maximum atomic E-state index is 13.5. The molecule has 1 aliphatic rings. The minimum Gasteiger partial charge on any atom is -0.496 e. The molecular formula is C26H31ClN2O5. The van der Waals surface area contributed by atoms with Gasteiger partial charge in [-0.1, -0.05) is 48.9 Å². The zero-order valence-corrected chi connectivity index (χ0v) is 20.6. The Morgan fingerprint density at radius 3 is 2.38 bits per heavy atom. The monoisotopic (exact) mass is 486 g/mol. The predicted molar refractivity (Wildman–Crippen MR) is 130 cm³/mol. The van der Waals surface area contributed by atoms with Gasteiger partial charge in [-0.2, -0.15) is 0 Å². The molecule has 0 saturated carbocycles. The second-order valence-electron chi connectivity index (χ2n) is 8.54. The van der Waals surface area contributed by atoms with Crippen molar-refractivity contribution < 1.29 is 23.9 Å². The number of nitrogens with zero attached hydrogens (tertiary/aromatic N) is 2. The Hall–Kier alpha value is -3.06.